The summed E-state index contributed by atoms with van der Waals surface area (Å²) in [6, 6.07) is 25.5. The number of halogens is 1. The Morgan fingerprint density at radius 3 is 2.12 bits per heavy atom. The quantitative estimate of drug-likeness (QED) is 0.266. The third kappa shape index (κ3) is 4.35. The molecule has 0 aliphatic heterocycles. The van der Waals surface area contributed by atoms with Crippen LogP contribution in [0.15, 0.2) is 84.2 Å². The number of hydrogen-bond acceptors (Lipinski definition) is 5. The summed E-state index contributed by atoms with van der Waals surface area (Å²) in [4.78, 5) is 4.87. The predicted octanol–water partition coefficient (Wildman–Crippen LogP) is 7.00. The molecule has 0 spiro atoms. The number of benzene rings is 3. The van der Waals surface area contributed by atoms with E-state index in [-0.39, 0.29) is 0 Å². The van der Waals surface area contributed by atoms with Crippen LogP contribution in [0, 0.1) is 0 Å². The van der Waals surface area contributed by atoms with Crippen LogP contribution in [0.1, 0.15) is 0 Å². The molecule has 0 atom stereocenters. The minimum Gasteiger partial charge on any atom is -0.497 e. The first-order valence-electron chi connectivity index (χ1n) is 10.3. The lowest BCUT2D eigenvalue weighted by Crippen LogP contribution is -1.99. The second-order valence-corrected chi connectivity index (χ2v) is 8.59. The highest BCUT2D eigenvalue weighted by Crippen LogP contribution is 2.33. The molecule has 7 heteroatoms. The van der Waals surface area contributed by atoms with E-state index in [2.05, 4.69) is 6.07 Å². The second-order valence-electron chi connectivity index (χ2n) is 7.31. The summed E-state index contributed by atoms with van der Waals surface area (Å²) in [6.45, 7) is 0. The Bertz CT molecular complexity index is 1410. The lowest BCUT2D eigenvalue weighted by Gasteiger charge is -2.06. The van der Waals surface area contributed by atoms with Crippen molar-refractivity contribution in [3.8, 4) is 50.4 Å². The molecule has 0 N–H and O–H groups in total. The van der Waals surface area contributed by atoms with E-state index in [1.165, 1.54) is 11.3 Å². The molecule has 0 bridgehead atoms. The van der Waals surface area contributed by atoms with Gasteiger partial charge in [-0.2, -0.15) is 5.10 Å². The van der Waals surface area contributed by atoms with Crippen molar-refractivity contribution in [1.82, 2.24) is 14.8 Å². The zero-order chi connectivity index (χ0) is 22.8. The Hall–Kier alpha value is -3.61. The van der Waals surface area contributed by atoms with Gasteiger partial charge in [0.15, 0.2) is 0 Å². The van der Waals surface area contributed by atoms with Crippen LogP contribution in [0.5, 0.6) is 11.5 Å². The van der Waals surface area contributed by atoms with Crippen LogP contribution in [0.25, 0.3) is 38.9 Å². The van der Waals surface area contributed by atoms with Crippen LogP contribution >= 0.6 is 22.9 Å². The molecule has 2 aromatic heterocycles. The summed E-state index contributed by atoms with van der Waals surface area (Å²) in [5, 5.41) is 8.42. The van der Waals surface area contributed by atoms with Gasteiger partial charge in [-0.05, 0) is 42.5 Å². The van der Waals surface area contributed by atoms with Crippen molar-refractivity contribution in [2.24, 2.45) is 0 Å². The maximum atomic E-state index is 6.05. The molecule has 0 amide bonds. The van der Waals surface area contributed by atoms with Crippen molar-refractivity contribution in [1.29, 1.82) is 0 Å². The van der Waals surface area contributed by atoms with Crippen LogP contribution in [0.2, 0.25) is 5.02 Å². The predicted molar refractivity (Wildman–Crippen MR) is 134 cm³/mol. The van der Waals surface area contributed by atoms with Gasteiger partial charge in [0.25, 0.3) is 0 Å². The highest BCUT2D eigenvalue weighted by atomic mass is 35.5. The standard InChI is InChI=1S/C26H20ClN3O2S/c1-31-21-7-3-5-18(13-21)23-15-25(19-6-4-8-22(14-19)32-2)30(29-23)26-28-24(16-33-26)17-9-11-20(27)12-10-17/h3-16H,1-2H3. The maximum Gasteiger partial charge on any atom is 0.211 e. The van der Waals surface area contributed by atoms with E-state index in [0.717, 1.165) is 50.4 Å². The number of nitrogens with zero attached hydrogens (tertiary/aromatic N) is 3. The number of methoxy groups -OCH3 is 2. The van der Waals surface area contributed by atoms with Crippen LogP contribution in [-0.2, 0) is 0 Å². The molecule has 0 aliphatic carbocycles. The van der Waals surface area contributed by atoms with Crippen LogP contribution in [-0.4, -0.2) is 29.0 Å². The minimum atomic E-state index is 0.699. The van der Waals surface area contributed by atoms with Crippen molar-refractivity contribution >= 4 is 22.9 Å². The van der Waals surface area contributed by atoms with Gasteiger partial charge in [0.2, 0.25) is 5.13 Å². The van der Waals surface area contributed by atoms with Gasteiger partial charge in [-0.25, -0.2) is 9.67 Å². The van der Waals surface area contributed by atoms with E-state index in [1.54, 1.807) is 14.2 Å². The van der Waals surface area contributed by atoms with Crippen molar-refractivity contribution in [3.63, 3.8) is 0 Å². The molecule has 0 saturated heterocycles. The van der Waals surface area contributed by atoms with Crippen LogP contribution in [0.4, 0.5) is 0 Å². The molecule has 33 heavy (non-hydrogen) atoms. The lowest BCUT2D eigenvalue weighted by atomic mass is 10.1. The van der Waals surface area contributed by atoms with E-state index >= 15 is 0 Å². The second kappa shape index (κ2) is 9.10. The molecule has 0 radical (unpaired) electrons. The summed E-state index contributed by atoms with van der Waals surface area (Å²) in [5.41, 5.74) is 5.58. The summed E-state index contributed by atoms with van der Waals surface area (Å²) in [6.07, 6.45) is 0. The van der Waals surface area contributed by atoms with Gasteiger partial charge in [0, 0.05) is 27.1 Å². The molecule has 164 valence electrons. The molecule has 5 nitrogen and oxygen atoms in total. The van der Waals surface area contributed by atoms with E-state index < -0.39 is 0 Å². The topological polar surface area (TPSA) is 49.2 Å². The van der Waals surface area contributed by atoms with Crippen molar-refractivity contribution in [2.45, 2.75) is 0 Å². The first kappa shape index (κ1) is 21.2. The van der Waals surface area contributed by atoms with E-state index in [1.807, 2.05) is 82.9 Å². The first-order chi connectivity index (χ1) is 16.1. The Balaban J connectivity index is 1.63. The number of thiazole rings is 1. The largest absolute Gasteiger partial charge is 0.497 e. The van der Waals surface area contributed by atoms with Crippen molar-refractivity contribution < 1.29 is 9.47 Å². The highest BCUT2D eigenvalue weighted by Gasteiger charge is 2.17. The summed E-state index contributed by atoms with van der Waals surface area (Å²) >= 11 is 7.58. The van der Waals surface area contributed by atoms with E-state index in [0.29, 0.717) is 5.02 Å². The molecule has 0 fully saturated rings. The average molecular weight is 474 g/mol. The Kier molecular flexibility index (Phi) is 5.86. The lowest BCUT2D eigenvalue weighted by molar-refractivity contribution is 0.415. The van der Waals surface area contributed by atoms with Crippen LogP contribution in [0.3, 0.4) is 0 Å². The molecular formula is C26H20ClN3O2S. The van der Waals surface area contributed by atoms with Crippen molar-refractivity contribution in [2.75, 3.05) is 14.2 Å². The number of rotatable bonds is 6. The molecule has 3 aromatic carbocycles. The molecular weight excluding hydrogens is 454 g/mol. The van der Waals surface area contributed by atoms with Gasteiger partial charge in [-0.3, -0.25) is 0 Å². The van der Waals surface area contributed by atoms with Gasteiger partial charge >= 0.3 is 0 Å². The van der Waals surface area contributed by atoms with Crippen LogP contribution < -0.4 is 9.47 Å². The molecule has 0 saturated carbocycles. The molecule has 5 rings (SSSR count). The van der Waals surface area contributed by atoms with Gasteiger partial charge in [-0.15, -0.1) is 11.3 Å². The SMILES string of the molecule is COc1cccc(-c2cc(-c3cccc(OC)c3)n(-c3nc(-c4ccc(Cl)cc4)cs3)n2)c1. The zero-order valence-electron chi connectivity index (χ0n) is 18.0. The molecule has 0 unspecified atom stereocenters. The van der Waals surface area contributed by atoms with Gasteiger partial charge in [-0.1, -0.05) is 48.0 Å². The average Bonchev–Trinajstić information content (AvgIpc) is 3.52. The van der Waals surface area contributed by atoms with E-state index in [4.69, 9.17) is 31.2 Å². The molecule has 2 heterocycles. The minimum absolute atomic E-state index is 0.699. The molecule has 0 aliphatic rings. The van der Waals surface area contributed by atoms with Crippen molar-refractivity contribution in [3.05, 3.63) is 89.3 Å². The molecule has 5 aromatic rings. The number of hydrogen-bond donors (Lipinski definition) is 0. The van der Waals surface area contributed by atoms with Gasteiger partial charge < -0.3 is 9.47 Å². The zero-order valence-corrected chi connectivity index (χ0v) is 19.6. The Labute approximate surface area is 200 Å². The van der Waals surface area contributed by atoms with Gasteiger partial charge in [0.05, 0.1) is 31.3 Å². The Morgan fingerprint density at radius 1 is 0.758 bits per heavy atom. The third-order valence-electron chi connectivity index (χ3n) is 5.25. The highest BCUT2D eigenvalue weighted by molar-refractivity contribution is 7.12. The maximum absolute atomic E-state index is 6.05. The number of aromatic nitrogens is 3. The number of ether oxygens (including phenoxy) is 2. The summed E-state index contributed by atoms with van der Waals surface area (Å²) in [7, 11) is 3.32. The fourth-order valence-electron chi connectivity index (χ4n) is 3.55. The summed E-state index contributed by atoms with van der Waals surface area (Å²) in [5.74, 6) is 1.56. The monoisotopic (exact) mass is 473 g/mol. The third-order valence-corrected chi connectivity index (χ3v) is 6.32. The Morgan fingerprint density at radius 2 is 1.42 bits per heavy atom. The fourth-order valence-corrected chi connectivity index (χ4v) is 4.48. The van der Waals surface area contributed by atoms with E-state index in [9.17, 15) is 0 Å². The normalized spacial score (nSPS) is 10.9. The smallest absolute Gasteiger partial charge is 0.211 e. The summed E-state index contributed by atoms with van der Waals surface area (Å²) < 4.78 is 12.7. The first-order valence-corrected chi connectivity index (χ1v) is 11.5. The van der Waals surface area contributed by atoms with Gasteiger partial charge in [0.1, 0.15) is 11.5 Å². The fraction of sp³-hybridized carbons (Fsp3) is 0.0769.